The van der Waals surface area contributed by atoms with Crippen LogP contribution in [-0.4, -0.2) is 36.0 Å². The largest absolute Gasteiger partial charge is 0.333 e. The fourth-order valence-electron chi connectivity index (χ4n) is 2.54. The molecule has 0 saturated carbocycles. The fraction of sp³-hybridized carbons (Fsp3) is 0.533. The molecule has 1 N–H and O–H groups in total. The van der Waals surface area contributed by atoms with Crippen LogP contribution in [0.3, 0.4) is 0 Å². The minimum Gasteiger partial charge on any atom is -0.333 e. The first-order valence-electron chi connectivity index (χ1n) is 6.96. The summed E-state index contributed by atoms with van der Waals surface area (Å²) >= 11 is 6.14. The van der Waals surface area contributed by atoms with Crippen molar-refractivity contribution in [1.29, 1.82) is 0 Å². The van der Waals surface area contributed by atoms with E-state index in [2.05, 4.69) is 19.2 Å². The van der Waals surface area contributed by atoms with E-state index in [1.165, 1.54) is 0 Å². The standard InChI is InChI=1S/C15H21ClN2O/c1-3-11-10-18(12(4-2)9-17-11)15(19)13-7-5-6-8-14(13)16/h5-8,11-12,17H,3-4,9-10H2,1-2H3. The Kier molecular flexibility index (Phi) is 4.83. The van der Waals surface area contributed by atoms with Gasteiger partial charge in [-0.1, -0.05) is 37.6 Å². The highest BCUT2D eigenvalue weighted by molar-refractivity contribution is 6.33. The Bertz CT molecular complexity index is 450. The Labute approximate surface area is 119 Å². The van der Waals surface area contributed by atoms with E-state index in [1.807, 2.05) is 17.0 Å². The van der Waals surface area contributed by atoms with Gasteiger partial charge in [-0.3, -0.25) is 4.79 Å². The van der Waals surface area contributed by atoms with Crippen LogP contribution in [0.4, 0.5) is 0 Å². The van der Waals surface area contributed by atoms with Crippen LogP contribution >= 0.6 is 11.6 Å². The molecule has 2 atom stereocenters. The second-order valence-electron chi connectivity index (χ2n) is 5.01. The molecule has 0 aromatic heterocycles. The second-order valence-corrected chi connectivity index (χ2v) is 5.42. The van der Waals surface area contributed by atoms with Gasteiger partial charge in [-0.05, 0) is 25.0 Å². The first-order valence-corrected chi connectivity index (χ1v) is 7.34. The maximum Gasteiger partial charge on any atom is 0.255 e. The average Bonchev–Trinajstić information content (AvgIpc) is 2.46. The summed E-state index contributed by atoms with van der Waals surface area (Å²) in [5.74, 6) is 0.0531. The van der Waals surface area contributed by atoms with E-state index in [4.69, 9.17) is 11.6 Å². The number of hydrogen-bond donors (Lipinski definition) is 1. The third-order valence-electron chi connectivity index (χ3n) is 3.83. The Balaban J connectivity index is 2.22. The molecule has 4 heteroatoms. The van der Waals surface area contributed by atoms with Crippen LogP contribution in [0, 0.1) is 0 Å². The molecule has 1 aliphatic rings. The van der Waals surface area contributed by atoms with Crippen LogP contribution in [0.1, 0.15) is 37.0 Å². The molecule has 0 radical (unpaired) electrons. The summed E-state index contributed by atoms with van der Waals surface area (Å²) in [4.78, 5) is 14.6. The smallest absolute Gasteiger partial charge is 0.255 e. The molecule has 0 aliphatic carbocycles. The molecule has 2 unspecified atom stereocenters. The minimum atomic E-state index is 0.0531. The lowest BCUT2D eigenvalue weighted by molar-refractivity contribution is 0.0576. The van der Waals surface area contributed by atoms with Crippen LogP contribution in [0.15, 0.2) is 24.3 Å². The monoisotopic (exact) mass is 280 g/mol. The zero-order valence-corrected chi connectivity index (χ0v) is 12.3. The maximum absolute atomic E-state index is 12.7. The molecule has 1 saturated heterocycles. The lowest BCUT2D eigenvalue weighted by atomic mass is 10.0. The Morgan fingerprint density at radius 1 is 1.37 bits per heavy atom. The Hall–Kier alpha value is -1.06. The molecule has 2 rings (SSSR count). The van der Waals surface area contributed by atoms with Crippen LogP contribution in [0.25, 0.3) is 0 Å². The molecule has 1 aromatic carbocycles. The predicted molar refractivity (Wildman–Crippen MR) is 78.6 cm³/mol. The molecule has 0 bridgehead atoms. The van der Waals surface area contributed by atoms with Crippen molar-refractivity contribution in [2.75, 3.05) is 13.1 Å². The average molecular weight is 281 g/mol. The molecule has 1 amide bonds. The Morgan fingerprint density at radius 2 is 2.11 bits per heavy atom. The van der Waals surface area contributed by atoms with Crippen molar-refractivity contribution in [1.82, 2.24) is 10.2 Å². The van der Waals surface area contributed by atoms with Crippen molar-refractivity contribution < 1.29 is 4.79 Å². The first kappa shape index (κ1) is 14.4. The van der Waals surface area contributed by atoms with E-state index in [9.17, 15) is 4.79 Å². The lowest BCUT2D eigenvalue weighted by Gasteiger charge is -2.40. The van der Waals surface area contributed by atoms with Gasteiger partial charge in [0.05, 0.1) is 10.6 Å². The van der Waals surface area contributed by atoms with Gasteiger partial charge in [0.2, 0.25) is 0 Å². The van der Waals surface area contributed by atoms with E-state index in [1.54, 1.807) is 12.1 Å². The molecule has 19 heavy (non-hydrogen) atoms. The van der Waals surface area contributed by atoms with Crippen LogP contribution < -0.4 is 5.32 Å². The van der Waals surface area contributed by atoms with E-state index in [-0.39, 0.29) is 11.9 Å². The summed E-state index contributed by atoms with van der Waals surface area (Å²) < 4.78 is 0. The maximum atomic E-state index is 12.7. The summed E-state index contributed by atoms with van der Waals surface area (Å²) in [6, 6.07) is 7.93. The quantitative estimate of drug-likeness (QED) is 0.923. The molecule has 0 spiro atoms. The summed E-state index contributed by atoms with van der Waals surface area (Å²) in [5, 5.41) is 4.03. The van der Waals surface area contributed by atoms with E-state index in [0.29, 0.717) is 16.6 Å². The van der Waals surface area contributed by atoms with Gasteiger partial charge in [-0.25, -0.2) is 0 Å². The first-order chi connectivity index (χ1) is 9.17. The molecule has 104 valence electrons. The summed E-state index contributed by atoms with van der Waals surface area (Å²) in [5.41, 5.74) is 0.611. The highest BCUT2D eigenvalue weighted by Crippen LogP contribution is 2.21. The van der Waals surface area contributed by atoms with Crippen molar-refractivity contribution >= 4 is 17.5 Å². The predicted octanol–water partition coefficient (Wildman–Crippen LogP) is 2.94. The van der Waals surface area contributed by atoms with Crippen molar-refractivity contribution in [3.63, 3.8) is 0 Å². The van der Waals surface area contributed by atoms with Crippen LogP contribution in [0.2, 0.25) is 5.02 Å². The normalized spacial score (nSPS) is 23.4. The minimum absolute atomic E-state index is 0.0531. The van der Waals surface area contributed by atoms with Gasteiger partial charge < -0.3 is 10.2 Å². The Morgan fingerprint density at radius 3 is 2.74 bits per heavy atom. The summed E-state index contributed by atoms with van der Waals surface area (Å²) in [7, 11) is 0. The number of carbonyl (C=O) groups is 1. The van der Waals surface area contributed by atoms with Crippen molar-refractivity contribution in [3.8, 4) is 0 Å². The van der Waals surface area contributed by atoms with E-state index < -0.39 is 0 Å². The lowest BCUT2D eigenvalue weighted by Crippen LogP contribution is -2.57. The SMILES string of the molecule is CCC1CN(C(=O)c2ccccc2Cl)C(CC)CN1. The van der Waals surface area contributed by atoms with Gasteiger partial charge in [-0.15, -0.1) is 0 Å². The molecular formula is C15H21ClN2O. The van der Waals surface area contributed by atoms with Crippen molar-refractivity contribution in [2.45, 2.75) is 38.8 Å². The topological polar surface area (TPSA) is 32.3 Å². The van der Waals surface area contributed by atoms with Crippen molar-refractivity contribution in [2.24, 2.45) is 0 Å². The molecule has 1 fully saturated rings. The fourth-order valence-corrected chi connectivity index (χ4v) is 2.76. The number of benzene rings is 1. The number of halogens is 1. The van der Waals surface area contributed by atoms with Gasteiger partial charge in [0, 0.05) is 25.2 Å². The van der Waals surface area contributed by atoms with Crippen LogP contribution in [-0.2, 0) is 0 Å². The summed E-state index contributed by atoms with van der Waals surface area (Å²) in [6.07, 6.45) is 1.99. The molecule has 1 aromatic rings. The van der Waals surface area contributed by atoms with Gasteiger partial charge >= 0.3 is 0 Å². The number of nitrogens with one attached hydrogen (secondary N) is 1. The highest BCUT2D eigenvalue weighted by atomic mass is 35.5. The number of amides is 1. The third kappa shape index (κ3) is 3.10. The number of piperazine rings is 1. The van der Waals surface area contributed by atoms with Gasteiger partial charge in [0.15, 0.2) is 0 Å². The number of rotatable bonds is 3. The zero-order chi connectivity index (χ0) is 13.8. The van der Waals surface area contributed by atoms with Crippen LogP contribution in [0.5, 0.6) is 0 Å². The van der Waals surface area contributed by atoms with Crippen molar-refractivity contribution in [3.05, 3.63) is 34.9 Å². The van der Waals surface area contributed by atoms with Gasteiger partial charge in [0.25, 0.3) is 5.91 Å². The van der Waals surface area contributed by atoms with E-state index in [0.717, 1.165) is 25.9 Å². The van der Waals surface area contributed by atoms with Gasteiger partial charge in [-0.2, -0.15) is 0 Å². The zero-order valence-electron chi connectivity index (χ0n) is 11.5. The molecule has 1 heterocycles. The number of nitrogens with zero attached hydrogens (tertiary/aromatic N) is 1. The number of hydrogen-bond acceptors (Lipinski definition) is 2. The summed E-state index contributed by atoms with van der Waals surface area (Å²) in [6.45, 7) is 5.89. The second kappa shape index (κ2) is 6.40. The molecule has 3 nitrogen and oxygen atoms in total. The van der Waals surface area contributed by atoms with E-state index >= 15 is 0 Å². The molecule has 1 aliphatic heterocycles. The molecular weight excluding hydrogens is 260 g/mol. The number of carbonyl (C=O) groups excluding carboxylic acids is 1. The highest BCUT2D eigenvalue weighted by Gasteiger charge is 2.30. The van der Waals surface area contributed by atoms with Gasteiger partial charge in [0.1, 0.15) is 0 Å². The third-order valence-corrected chi connectivity index (χ3v) is 4.16.